The Kier molecular flexibility index (Phi) is 15.7. The van der Waals surface area contributed by atoms with Crippen LogP contribution in [-0.4, -0.2) is 5.92 Å². The van der Waals surface area contributed by atoms with Crippen LogP contribution in [0.1, 0.15) is 196 Å². The van der Waals surface area contributed by atoms with Crippen LogP contribution in [-0.2, 0) is 15.6 Å². The second-order valence-electron chi connectivity index (χ2n) is 22.1. The molecule has 0 bridgehead atoms. The van der Waals surface area contributed by atoms with E-state index in [9.17, 15) is 17.0 Å². The van der Waals surface area contributed by atoms with Crippen LogP contribution in [0.4, 0.5) is 0 Å². The van der Waals surface area contributed by atoms with Gasteiger partial charge in [0.2, 0.25) is 0 Å². The number of fused-ring (bicyclic) bond motifs is 2. The van der Waals surface area contributed by atoms with Crippen molar-refractivity contribution in [3.05, 3.63) is 129 Å². The van der Waals surface area contributed by atoms with E-state index < -0.39 is 21.5 Å². The molecule has 0 aliphatic heterocycles. The van der Waals surface area contributed by atoms with Crippen molar-refractivity contribution in [1.82, 2.24) is 0 Å². The third-order valence-corrected chi connectivity index (χ3v) is 69.1. The molecule has 2 saturated carbocycles. The monoisotopic (exact) mass is 989 g/mol. The number of benzene rings is 4. The molecule has 2 atom stereocenters. The van der Waals surface area contributed by atoms with Crippen molar-refractivity contribution in [2.75, 3.05) is 0 Å². The number of halogens is 2. The maximum absolute atomic E-state index is 9.43. The Labute approximate surface area is 399 Å². The van der Waals surface area contributed by atoms with E-state index in [-0.39, 0.29) is 18.1 Å². The summed E-state index contributed by atoms with van der Waals surface area (Å²) in [6, 6.07) is 33.0. The standard InChI is InChI=1S/2C29H37.C2H7Si.2ClH.Zr/c2*1-3-17-29(18-8-6-4-5-7-9-19-29)22-24-20-26-11-10-12-27(28(26)21-24)25-15-13-23(2)14-16-25;1-3-2;;;/h2*10-16,20-21H,3-9,17-19,22H2,1-2H3;3H,1-2H3;2*1H;/q;;;;;+2/p-2. The van der Waals surface area contributed by atoms with Crippen molar-refractivity contribution in [1.29, 1.82) is 0 Å². The van der Waals surface area contributed by atoms with E-state index in [1.165, 1.54) is 184 Å². The van der Waals surface area contributed by atoms with E-state index in [4.69, 9.17) is 0 Å². The summed E-state index contributed by atoms with van der Waals surface area (Å²) in [6.45, 7) is 14.5. The Morgan fingerprint density at radius 3 is 1.17 bits per heavy atom. The van der Waals surface area contributed by atoms with E-state index in [0.717, 1.165) is 12.8 Å². The summed E-state index contributed by atoms with van der Waals surface area (Å²) in [5.74, 6) is -1.79. The molecule has 8 rings (SSSR count). The van der Waals surface area contributed by atoms with E-state index in [0.29, 0.717) is 0 Å². The maximum atomic E-state index is 9.43. The van der Waals surface area contributed by atoms with E-state index >= 15 is 0 Å². The average Bonchev–Trinajstić information content (AvgIpc) is 3.90. The first-order valence-electron chi connectivity index (χ1n) is 26.3. The SMILES string of the molecule is CCCC1(CC2=Cc3c(-c4ccc(C)cc4)cccc3[CH]2[Zr]([Cl])([Cl])([CH]2C(CC3(CCC)CCCCCCCC3)=Cc3c(-c4ccc(C)cc4)cccc32)[SiH](C)C)CCCCCCCC1. The molecule has 4 aliphatic carbocycles. The zero-order chi connectivity index (χ0) is 45.0. The quantitative estimate of drug-likeness (QED) is 0.117. The Morgan fingerprint density at radius 2 is 0.844 bits per heavy atom. The molecule has 64 heavy (non-hydrogen) atoms. The molecule has 2 fully saturated rings. The summed E-state index contributed by atoms with van der Waals surface area (Å²) < 4.78 is 0.200. The van der Waals surface area contributed by atoms with E-state index in [2.05, 4.69) is 138 Å². The summed E-state index contributed by atoms with van der Waals surface area (Å²) in [4.78, 5) is 0. The first-order chi connectivity index (χ1) is 30.9. The third kappa shape index (κ3) is 9.81. The summed E-state index contributed by atoms with van der Waals surface area (Å²) >= 11 is -5.19. The molecule has 0 saturated heterocycles. The normalized spacial score (nSPS) is 22.0. The van der Waals surface area contributed by atoms with Crippen LogP contribution in [0.25, 0.3) is 34.4 Å². The Morgan fingerprint density at radius 1 is 0.500 bits per heavy atom. The average molecular weight is 993 g/mol. The summed E-state index contributed by atoms with van der Waals surface area (Å²) in [7, 11) is 18.9. The van der Waals surface area contributed by atoms with Gasteiger partial charge in [0, 0.05) is 0 Å². The van der Waals surface area contributed by atoms with Gasteiger partial charge in [-0.15, -0.1) is 0 Å². The third-order valence-electron chi connectivity index (χ3n) is 17.3. The molecule has 0 heterocycles. The van der Waals surface area contributed by atoms with Crippen LogP contribution in [0, 0.1) is 24.7 Å². The molecule has 0 amide bonds. The van der Waals surface area contributed by atoms with E-state index in [1.807, 2.05) is 0 Å². The fourth-order valence-corrected chi connectivity index (χ4v) is 45.3. The van der Waals surface area contributed by atoms with Crippen LogP contribution in [0.3, 0.4) is 0 Å². The first-order valence-corrected chi connectivity index (χ1v) is 42.6. The summed E-state index contributed by atoms with van der Waals surface area (Å²) in [6.07, 6.45) is 34.5. The van der Waals surface area contributed by atoms with E-state index in [1.54, 1.807) is 11.1 Å². The number of allylic oxidation sites excluding steroid dienone is 2. The summed E-state index contributed by atoms with van der Waals surface area (Å²) in [5.41, 5.74) is 17.4. The van der Waals surface area contributed by atoms with Gasteiger partial charge < -0.3 is 0 Å². The molecular formula is C60H81Cl2SiZr. The van der Waals surface area contributed by atoms with Crippen LogP contribution in [0.5, 0.6) is 0 Å². The first kappa shape index (κ1) is 48.5. The zero-order valence-corrected chi connectivity index (χ0v) is 45.9. The van der Waals surface area contributed by atoms with Crippen molar-refractivity contribution in [2.24, 2.45) is 10.8 Å². The van der Waals surface area contributed by atoms with Crippen LogP contribution in [0.15, 0.2) is 96.1 Å². The van der Waals surface area contributed by atoms with Gasteiger partial charge in [-0.05, 0) is 0 Å². The van der Waals surface area contributed by atoms with Crippen molar-refractivity contribution in [2.45, 2.75) is 189 Å². The number of aryl methyl sites for hydroxylation is 2. The molecule has 343 valence electrons. The Bertz CT molecular complexity index is 2100. The molecule has 4 aromatic carbocycles. The van der Waals surface area contributed by atoms with Gasteiger partial charge in [-0.1, -0.05) is 0 Å². The van der Waals surface area contributed by atoms with Crippen molar-refractivity contribution < 1.29 is 15.6 Å². The van der Waals surface area contributed by atoms with Crippen LogP contribution >= 0.6 is 17.0 Å². The van der Waals surface area contributed by atoms with Gasteiger partial charge in [0.05, 0.1) is 0 Å². The predicted octanol–water partition coefficient (Wildman–Crippen LogP) is 19.8. The molecule has 0 N–H and O–H groups in total. The zero-order valence-electron chi connectivity index (χ0n) is 40.8. The van der Waals surface area contributed by atoms with Gasteiger partial charge in [0.25, 0.3) is 0 Å². The Balaban J connectivity index is 1.36. The molecule has 0 radical (unpaired) electrons. The number of rotatable bonds is 13. The number of hydrogen-bond acceptors (Lipinski definition) is 0. The second kappa shape index (κ2) is 20.7. The minimum atomic E-state index is -5.19. The molecular weight excluding hydrogens is 911 g/mol. The molecule has 4 heteroatoms. The van der Waals surface area contributed by atoms with Gasteiger partial charge in [0.15, 0.2) is 0 Å². The van der Waals surface area contributed by atoms with Gasteiger partial charge in [-0.3, -0.25) is 0 Å². The summed E-state index contributed by atoms with van der Waals surface area (Å²) in [5, 5.41) is 0. The predicted molar refractivity (Wildman–Crippen MR) is 283 cm³/mol. The van der Waals surface area contributed by atoms with Gasteiger partial charge in [-0.2, -0.15) is 0 Å². The van der Waals surface area contributed by atoms with Crippen LogP contribution in [0.2, 0.25) is 13.1 Å². The molecule has 0 spiro atoms. The molecule has 0 nitrogen and oxygen atoms in total. The van der Waals surface area contributed by atoms with Crippen molar-refractivity contribution in [3.8, 4) is 22.3 Å². The molecule has 2 unspecified atom stereocenters. The fourth-order valence-electron chi connectivity index (χ4n) is 14.0. The van der Waals surface area contributed by atoms with Crippen molar-refractivity contribution >= 4 is 35.1 Å². The van der Waals surface area contributed by atoms with Gasteiger partial charge in [-0.25, -0.2) is 0 Å². The molecule has 0 aromatic heterocycles. The van der Waals surface area contributed by atoms with Gasteiger partial charge in [0.1, 0.15) is 0 Å². The van der Waals surface area contributed by atoms with Crippen molar-refractivity contribution in [3.63, 3.8) is 0 Å². The topological polar surface area (TPSA) is 0 Å². The fraction of sp³-hybridized carbons (Fsp3) is 0.533. The molecule has 4 aliphatic rings. The van der Waals surface area contributed by atoms with Gasteiger partial charge >= 0.3 is 402 Å². The second-order valence-corrected chi connectivity index (χ2v) is 64.6. The molecule has 4 aromatic rings. The Hall–Kier alpha value is -1.96. The minimum absolute atomic E-state index is 0.100. The number of hydrogen-bond donors (Lipinski definition) is 0. The van der Waals surface area contributed by atoms with Crippen LogP contribution < -0.4 is 0 Å².